The summed E-state index contributed by atoms with van der Waals surface area (Å²) in [7, 11) is 1.81. The number of benzene rings is 1. The van der Waals surface area contributed by atoms with Gasteiger partial charge in [-0.05, 0) is 44.0 Å². The molecule has 0 saturated carbocycles. The predicted octanol–water partition coefficient (Wildman–Crippen LogP) is 2.20. The average molecular weight is 312 g/mol. The van der Waals surface area contributed by atoms with Gasteiger partial charge >= 0.3 is 0 Å². The SMILES string of the molecule is CC(=O)N1CCc2cc(C(=O)Nc3c(C)c(C)nn3C)ccc21. The van der Waals surface area contributed by atoms with Crippen molar-refractivity contribution in [3.05, 3.63) is 40.6 Å². The van der Waals surface area contributed by atoms with Crippen molar-refractivity contribution in [3.63, 3.8) is 0 Å². The molecular weight excluding hydrogens is 292 g/mol. The Kier molecular flexibility index (Phi) is 3.67. The molecule has 1 aliphatic rings. The van der Waals surface area contributed by atoms with Crippen molar-refractivity contribution in [1.29, 1.82) is 0 Å². The van der Waals surface area contributed by atoms with Gasteiger partial charge in [-0.3, -0.25) is 14.3 Å². The van der Waals surface area contributed by atoms with Crippen LogP contribution in [0.5, 0.6) is 0 Å². The lowest BCUT2D eigenvalue weighted by Gasteiger charge is -2.15. The lowest BCUT2D eigenvalue weighted by molar-refractivity contribution is -0.116. The Labute approximate surface area is 135 Å². The fourth-order valence-electron chi connectivity index (χ4n) is 2.99. The number of nitrogens with one attached hydrogen (secondary N) is 1. The van der Waals surface area contributed by atoms with Gasteiger partial charge in [0, 0.05) is 37.3 Å². The predicted molar refractivity (Wildman–Crippen MR) is 88.8 cm³/mol. The van der Waals surface area contributed by atoms with E-state index in [0.29, 0.717) is 17.9 Å². The standard InChI is InChI=1S/C17H20N4O2/c1-10-11(2)19-20(4)16(10)18-17(23)14-5-6-15-13(9-14)7-8-21(15)12(3)22/h5-6,9H,7-8H2,1-4H3,(H,18,23). The number of nitrogens with zero attached hydrogens (tertiary/aromatic N) is 3. The van der Waals surface area contributed by atoms with E-state index in [4.69, 9.17) is 0 Å². The topological polar surface area (TPSA) is 67.2 Å². The van der Waals surface area contributed by atoms with Crippen LogP contribution in [0.1, 0.15) is 34.1 Å². The maximum Gasteiger partial charge on any atom is 0.256 e. The minimum atomic E-state index is -0.167. The van der Waals surface area contributed by atoms with Crippen molar-refractivity contribution < 1.29 is 9.59 Å². The number of aryl methyl sites for hydroxylation is 2. The fourth-order valence-corrected chi connectivity index (χ4v) is 2.99. The Hall–Kier alpha value is -2.63. The van der Waals surface area contributed by atoms with E-state index < -0.39 is 0 Å². The summed E-state index contributed by atoms with van der Waals surface area (Å²) < 4.78 is 1.67. The van der Waals surface area contributed by atoms with E-state index in [9.17, 15) is 9.59 Å². The molecule has 1 aromatic carbocycles. The Morgan fingerprint density at radius 2 is 2.00 bits per heavy atom. The highest BCUT2D eigenvalue weighted by atomic mass is 16.2. The first kappa shape index (κ1) is 15.3. The molecule has 2 heterocycles. The Morgan fingerprint density at radius 1 is 1.26 bits per heavy atom. The van der Waals surface area contributed by atoms with Gasteiger partial charge in [0.1, 0.15) is 5.82 Å². The van der Waals surface area contributed by atoms with Crippen molar-refractivity contribution in [1.82, 2.24) is 9.78 Å². The van der Waals surface area contributed by atoms with Gasteiger partial charge in [-0.25, -0.2) is 0 Å². The molecule has 3 rings (SSSR count). The summed E-state index contributed by atoms with van der Waals surface area (Å²) in [5, 5.41) is 7.22. The van der Waals surface area contributed by atoms with E-state index in [1.165, 1.54) is 0 Å². The number of rotatable bonds is 2. The van der Waals surface area contributed by atoms with E-state index in [1.54, 1.807) is 22.6 Å². The molecule has 120 valence electrons. The Balaban J connectivity index is 1.86. The molecule has 6 heteroatoms. The van der Waals surface area contributed by atoms with Crippen LogP contribution in [0.2, 0.25) is 0 Å². The van der Waals surface area contributed by atoms with E-state index in [0.717, 1.165) is 28.9 Å². The maximum absolute atomic E-state index is 12.5. The highest BCUT2D eigenvalue weighted by Gasteiger charge is 2.23. The van der Waals surface area contributed by atoms with Gasteiger partial charge in [-0.15, -0.1) is 0 Å². The zero-order valence-corrected chi connectivity index (χ0v) is 13.8. The summed E-state index contributed by atoms with van der Waals surface area (Å²) in [5.74, 6) is 0.570. The normalized spacial score (nSPS) is 13.1. The van der Waals surface area contributed by atoms with Crippen LogP contribution in [0.25, 0.3) is 0 Å². The fraction of sp³-hybridized carbons (Fsp3) is 0.353. The van der Waals surface area contributed by atoms with Crippen LogP contribution in [0.15, 0.2) is 18.2 Å². The second kappa shape index (κ2) is 5.53. The molecule has 1 N–H and O–H groups in total. The first-order valence-electron chi connectivity index (χ1n) is 7.61. The zero-order chi connectivity index (χ0) is 16.7. The smallest absolute Gasteiger partial charge is 0.256 e. The van der Waals surface area contributed by atoms with Gasteiger partial charge in [0.15, 0.2) is 0 Å². The molecule has 23 heavy (non-hydrogen) atoms. The van der Waals surface area contributed by atoms with Crippen molar-refractivity contribution >= 4 is 23.3 Å². The lowest BCUT2D eigenvalue weighted by Crippen LogP contribution is -2.25. The van der Waals surface area contributed by atoms with Crippen molar-refractivity contribution in [2.75, 3.05) is 16.8 Å². The first-order chi connectivity index (χ1) is 10.9. The van der Waals surface area contributed by atoms with Gasteiger partial charge in [-0.2, -0.15) is 5.10 Å². The molecule has 0 aliphatic carbocycles. The van der Waals surface area contributed by atoms with Gasteiger partial charge in [0.25, 0.3) is 5.91 Å². The summed E-state index contributed by atoms with van der Waals surface area (Å²) in [6, 6.07) is 5.47. The quantitative estimate of drug-likeness (QED) is 0.924. The van der Waals surface area contributed by atoms with E-state index in [2.05, 4.69) is 10.4 Å². The highest BCUT2D eigenvalue weighted by molar-refractivity contribution is 6.05. The third-order valence-electron chi connectivity index (χ3n) is 4.37. The molecule has 1 aromatic heterocycles. The Bertz CT molecular complexity index is 807. The van der Waals surface area contributed by atoms with Crippen LogP contribution in [0.4, 0.5) is 11.5 Å². The third kappa shape index (κ3) is 2.60. The number of carbonyl (C=O) groups excluding carboxylic acids is 2. The summed E-state index contributed by atoms with van der Waals surface area (Å²) in [5.41, 5.74) is 4.39. The molecule has 2 aromatic rings. The van der Waals surface area contributed by atoms with E-state index in [-0.39, 0.29) is 11.8 Å². The van der Waals surface area contributed by atoms with Crippen LogP contribution < -0.4 is 10.2 Å². The number of anilines is 2. The molecule has 1 aliphatic heterocycles. The van der Waals surface area contributed by atoms with Crippen LogP contribution in [0.3, 0.4) is 0 Å². The van der Waals surface area contributed by atoms with Crippen molar-refractivity contribution in [3.8, 4) is 0 Å². The minimum absolute atomic E-state index is 0.0296. The molecule has 0 radical (unpaired) electrons. The zero-order valence-electron chi connectivity index (χ0n) is 13.8. The second-order valence-corrected chi connectivity index (χ2v) is 5.90. The van der Waals surface area contributed by atoms with Gasteiger partial charge in [0.2, 0.25) is 5.91 Å². The minimum Gasteiger partial charge on any atom is -0.312 e. The number of hydrogen-bond donors (Lipinski definition) is 1. The van der Waals surface area contributed by atoms with Crippen molar-refractivity contribution in [2.24, 2.45) is 7.05 Å². The molecule has 0 saturated heterocycles. The number of fused-ring (bicyclic) bond motifs is 1. The third-order valence-corrected chi connectivity index (χ3v) is 4.37. The maximum atomic E-state index is 12.5. The van der Waals surface area contributed by atoms with E-state index in [1.807, 2.05) is 33.0 Å². The summed E-state index contributed by atoms with van der Waals surface area (Å²) in [6.07, 6.45) is 0.778. The van der Waals surface area contributed by atoms with Crippen LogP contribution in [-0.2, 0) is 18.3 Å². The Morgan fingerprint density at radius 3 is 2.61 bits per heavy atom. The van der Waals surface area contributed by atoms with Gasteiger partial charge in [0.05, 0.1) is 5.69 Å². The molecule has 6 nitrogen and oxygen atoms in total. The van der Waals surface area contributed by atoms with Crippen LogP contribution in [0, 0.1) is 13.8 Å². The summed E-state index contributed by atoms with van der Waals surface area (Å²) in [6.45, 7) is 6.08. The molecule has 0 bridgehead atoms. The number of carbonyl (C=O) groups is 2. The molecule has 2 amide bonds. The van der Waals surface area contributed by atoms with Crippen LogP contribution >= 0.6 is 0 Å². The first-order valence-corrected chi connectivity index (χ1v) is 7.61. The second-order valence-electron chi connectivity index (χ2n) is 5.90. The van der Waals surface area contributed by atoms with E-state index >= 15 is 0 Å². The monoisotopic (exact) mass is 312 g/mol. The number of amides is 2. The van der Waals surface area contributed by atoms with Gasteiger partial charge in [-0.1, -0.05) is 0 Å². The molecule has 0 spiro atoms. The van der Waals surface area contributed by atoms with Gasteiger partial charge < -0.3 is 10.2 Å². The molecule has 0 unspecified atom stereocenters. The lowest BCUT2D eigenvalue weighted by atomic mass is 10.1. The largest absolute Gasteiger partial charge is 0.312 e. The van der Waals surface area contributed by atoms with Crippen molar-refractivity contribution in [2.45, 2.75) is 27.2 Å². The summed E-state index contributed by atoms with van der Waals surface area (Å²) >= 11 is 0. The number of hydrogen-bond acceptors (Lipinski definition) is 3. The molecule has 0 fully saturated rings. The number of aromatic nitrogens is 2. The molecule has 0 atom stereocenters. The highest BCUT2D eigenvalue weighted by Crippen LogP contribution is 2.29. The van der Waals surface area contributed by atoms with Crippen LogP contribution in [-0.4, -0.2) is 28.1 Å². The summed E-state index contributed by atoms with van der Waals surface area (Å²) in [4.78, 5) is 25.8. The average Bonchev–Trinajstić information content (AvgIpc) is 3.03. The molecular formula is C17H20N4O2.